The van der Waals surface area contributed by atoms with Crippen LogP contribution in [0, 0.1) is 0 Å². The van der Waals surface area contributed by atoms with Crippen molar-refractivity contribution in [3.63, 3.8) is 0 Å². The molecular weight excluding hydrogens is 232 g/mol. The quantitative estimate of drug-likeness (QED) is 0.682. The zero-order valence-corrected chi connectivity index (χ0v) is 10.2. The summed E-state index contributed by atoms with van der Waals surface area (Å²) >= 11 is 0. The summed E-state index contributed by atoms with van der Waals surface area (Å²) in [5.74, 6) is -0.360. The zero-order chi connectivity index (χ0) is 13.1. The van der Waals surface area contributed by atoms with Gasteiger partial charge in [-0.15, -0.1) is 0 Å². The number of benzene rings is 1. The number of phenolic OH excluding ortho intramolecular Hbond substituents is 2. The Hall–Kier alpha value is -1.75. The Morgan fingerprint density at radius 2 is 2.11 bits per heavy atom. The van der Waals surface area contributed by atoms with Crippen molar-refractivity contribution in [3.8, 4) is 11.5 Å². The number of hydrogen-bond acceptors (Lipinski definition) is 4. The number of rotatable bonds is 5. The Balaban J connectivity index is 2.19. The molecule has 1 aliphatic rings. The van der Waals surface area contributed by atoms with Crippen LogP contribution < -0.4 is 5.73 Å². The standard InChI is InChI=1S/C13H18N2O3/c14-6-1-7-15(9-2-3-9)13(18)11-8-10(16)4-5-12(11)17/h4-5,8-9,16-17H,1-3,6-7,14H2. The molecule has 1 amide bonds. The van der Waals surface area contributed by atoms with Gasteiger partial charge in [-0.3, -0.25) is 4.79 Å². The van der Waals surface area contributed by atoms with E-state index in [0.29, 0.717) is 13.1 Å². The van der Waals surface area contributed by atoms with Crippen molar-refractivity contribution in [2.24, 2.45) is 5.73 Å². The first-order chi connectivity index (χ1) is 8.63. The minimum Gasteiger partial charge on any atom is -0.508 e. The van der Waals surface area contributed by atoms with E-state index < -0.39 is 0 Å². The summed E-state index contributed by atoms with van der Waals surface area (Å²) in [5.41, 5.74) is 5.61. The maximum absolute atomic E-state index is 12.3. The molecule has 2 rings (SSSR count). The summed E-state index contributed by atoms with van der Waals surface area (Å²) in [6.07, 6.45) is 2.73. The van der Waals surface area contributed by atoms with Crippen LogP contribution in [0.1, 0.15) is 29.6 Å². The van der Waals surface area contributed by atoms with Gasteiger partial charge >= 0.3 is 0 Å². The topological polar surface area (TPSA) is 86.8 Å². The molecule has 0 heterocycles. The molecule has 0 spiro atoms. The van der Waals surface area contributed by atoms with E-state index >= 15 is 0 Å². The SMILES string of the molecule is NCCCN(C(=O)c1cc(O)ccc1O)C1CC1. The van der Waals surface area contributed by atoms with Gasteiger partial charge in [0.15, 0.2) is 0 Å². The summed E-state index contributed by atoms with van der Waals surface area (Å²) in [6.45, 7) is 1.12. The lowest BCUT2D eigenvalue weighted by Gasteiger charge is -2.22. The second kappa shape index (κ2) is 5.27. The highest BCUT2D eigenvalue weighted by Gasteiger charge is 2.33. The molecule has 0 unspecified atom stereocenters. The number of nitrogens with two attached hydrogens (primary N) is 1. The summed E-state index contributed by atoms with van der Waals surface area (Å²) in [5, 5.41) is 19.1. The maximum atomic E-state index is 12.3. The van der Waals surface area contributed by atoms with Gasteiger partial charge in [-0.2, -0.15) is 0 Å². The van der Waals surface area contributed by atoms with Gasteiger partial charge < -0.3 is 20.8 Å². The second-order valence-electron chi connectivity index (χ2n) is 4.57. The molecule has 0 radical (unpaired) electrons. The van der Waals surface area contributed by atoms with E-state index in [0.717, 1.165) is 19.3 Å². The lowest BCUT2D eigenvalue weighted by Crippen LogP contribution is -2.34. The molecule has 0 atom stereocenters. The van der Waals surface area contributed by atoms with E-state index in [4.69, 9.17) is 5.73 Å². The number of hydrogen-bond donors (Lipinski definition) is 3. The molecule has 0 saturated heterocycles. The number of amides is 1. The van der Waals surface area contributed by atoms with Gasteiger partial charge in [0.2, 0.25) is 0 Å². The monoisotopic (exact) mass is 250 g/mol. The number of nitrogens with zero attached hydrogens (tertiary/aromatic N) is 1. The highest BCUT2D eigenvalue weighted by Crippen LogP contribution is 2.31. The van der Waals surface area contributed by atoms with Crippen molar-refractivity contribution in [2.45, 2.75) is 25.3 Å². The third kappa shape index (κ3) is 2.73. The molecule has 1 saturated carbocycles. The van der Waals surface area contributed by atoms with Crippen molar-refractivity contribution in [3.05, 3.63) is 23.8 Å². The molecule has 1 aliphatic carbocycles. The highest BCUT2D eigenvalue weighted by molar-refractivity contribution is 5.97. The second-order valence-corrected chi connectivity index (χ2v) is 4.57. The number of phenols is 2. The summed E-state index contributed by atoms with van der Waals surface area (Å²) < 4.78 is 0. The normalized spacial score (nSPS) is 14.5. The van der Waals surface area contributed by atoms with Crippen molar-refractivity contribution in [2.75, 3.05) is 13.1 Å². The Bertz CT molecular complexity index is 444. The third-order valence-electron chi connectivity index (χ3n) is 3.06. The molecule has 5 nitrogen and oxygen atoms in total. The smallest absolute Gasteiger partial charge is 0.257 e. The summed E-state index contributed by atoms with van der Waals surface area (Å²) in [4.78, 5) is 14.1. The molecule has 18 heavy (non-hydrogen) atoms. The first kappa shape index (κ1) is 12.7. The van der Waals surface area contributed by atoms with Crippen molar-refractivity contribution in [1.82, 2.24) is 4.90 Å². The predicted octanol–water partition coefficient (Wildman–Crippen LogP) is 1.05. The molecule has 1 aromatic rings. The molecule has 5 heteroatoms. The predicted molar refractivity (Wildman–Crippen MR) is 67.5 cm³/mol. The number of aromatic hydroxyl groups is 2. The van der Waals surface area contributed by atoms with Crippen LogP contribution in [-0.2, 0) is 0 Å². The van der Waals surface area contributed by atoms with Crippen LogP contribution in [0.4, 0.5) is 0 Å². The molecule has 0 bridgehead atoms. The Labute approximate surface area is 106 Å². The largest absolute Gasteiger partial charge is 0.508 e. The molecule has 98 valence electrons. The Morgan fingerprint density at radius 1 is 1.39 bits per heavy atom. The van der Waals surface area contributed by atoms with E-state index in [2.05, 4.69) is 0 Å². The van der Waals surface area contributed by atoms with Crippen molar-refractivity contribution >= 4 is 5.91 Å². The van der Waals surface area contributed by atoms with E-state index in [1.807, 2.05) is 0 Å². The Morgan fingerprint density at radius 3 is 2.72 bits per heavy atom. The van der Waals surface area contributed by atoms with E-state index in [1.54, 1.807) is 4.90 Å². The van der Waals surface area contributed by atoms with Crippen LogP contribution in [0.5, 0.6) is 11.5 Å². The number of carbonyl (C=O) groups excluding carboxylic acids is 1. The molecule has 1 fully saturated rings. The van der Waals surface area contributed by atoms with Crippen LogP contribution in [-0.4, -0.2) is 40.2 Å². The first-order valence-corrected chi connectivity index (χ1v) is 6.16. The average Bonchev–Trinajstić information content (AvgIpc) is 3.17. The minimum absolute atomic E-state index is 0.0225. The van der Waals surface area contributed by atoms with Gasteiger partial charge in [0.25, 0.3) is 5.91 Å². The van der Waals surface area contributed by atoms with Crippen molar-refractivity contribution in [1.29, 1.82) is 0 Å². The van der Waals surface area contributed by atoms with E-state index in [-0.39, 0.29) is 29.0 Å². The minimum atomic E-state index is -0.237. The van der Waals surface area contributed by atoms with Gasteiger partial charge in [-0.25, -0.2) is 0 Å². The average molecular weight is 250 g/mol. The van der Waals surface area contributed by atoms with Gasteiger partial charge in [0, 0.05) is 12.6 Å². The summed E-state index contributed by atoms with van der Waals surface area (Å²) in [6, 6.07) is 4.24. The van der Waals surface area contributed by atoms with Gasteiger partial charge in [-0.05, 0) is 44.0 Å². The zero-order valence-electron chi connectivity index (χ0n) is 10.2. The molecule has 4 N–H and O–H groups in total. The fraction of sp³-hybridized carbons (Fsp3) is 0.462. The molecule has 0 aliphatic heterocycles. The van der Waals surface area contributed by atoms with Crippen LogP contribution in [0.25, 0.3) is 0 Å². The third-order valence-corrected chi connectivity index (χ3v) is 3.06. The lowest BCUT2D eigenvalue weighted by atomic mass is 10.1. The van der Waals surface area contributed by atoms with Gasteiger partial charge in [-0.1, -0.05) is 0 Å². The maximum Gasteiger partial charge on any atom is 0.257 e. The van der Waals surface area contributed by atoms with Crippen LogP contribution >= 0.6 is 0 Å². The lowest BCUT2D eigenvalue weighted by molar-refractivity contribution is 0.0738. The van der Waals surface area contributed by atoms with Crippen LogP contribution in [0.2, 0.25) is 0 Å². The van der Waals surface area contributed by atoms with E-state index in [9.17, 15) is 15.0 Å². The highest BCUT2D eigenvalue weighted by atomic mass is 16.3. The van der Waals surface area contributed by atoms with Gasteiger partial charge in [0.1, 0.15) is 11.5 Å². The van der Waals surface area contributed by atoms with Crippen molar-refractivity contribution < 1.29 is 15.0 Å². The fourth-order valence-electron chi connectivity index (χ4n) is 1.95. The molecular formula is C13H18N2O3. The van der Waals surface area contributed by atoms with Crippen LogP contribution in [0.3, 0.4) is 0 Å². The molecule has 0 aromatic heterocycles. The first-order valence-electron chi connectivity index (χ1n) is 6.16. The van der Waals surface area contributed by atoms with Gasteiger partial charge in [0.05, 0.1) is 5.56 Å². The number of carbonyl (C=O) groups is 1. The Kier molecular flexibility index (Phi) is 3.72. The summed E-state index contributed by atoms with van der Waals surface area (Å²) in [7, 11) is 0. The van der Waals surface area contributed by atoms with E-state index in [1.165, 1.54) is 18.2 Å². The van der Waals surface area contributed by atoms with Crippen LogP contribution in [0.15, 0.2) is 18.2 Å². The fourth-order valence-corrected chi connectivity index (χ4v) is 1.95. The molecule has 1 aromatic carbocycles.